The largest absolute Gasteiger partial charge is 0.394 e. The molecule has 2 rings (SSSR count). The Morgan fingerprint density at radius 3 is 3.00 bits per heavy atom. The predicted molar refractivity (Wildman–Crippen MR) is 69.8 cm³/mol. The zero-order valence-electron chi connectivity index (χ0n) is 10.1. The number of aliphatic hydroxyl groups is 1. The number of aliphatic hydroxyl groups excluding tert-OH is 1. The van der Waals surface area contributed by atoms with Gasteiger partial charge in [0.05, 0.1) is 22.7 Å². The molecule has 0 bridgehead atoms. The summed E-state index contributed by atoms with van der Waals surface area (Å²) >= 11 is 3.07. The van der Waals surface area contributed by atoms with Crippen molar-refractivity contribution >= 4 is 21.8 Å². The monoisotopic (exact) mass is 315 g/mol. The Labute approximate surface area is 114 Å². The third kappa shape index (κ3) is 2.29. The van der Waals surface area contributed by atoms with Crippen molar-refractivity contribution in [2.75, 3.05) is 13.2 Å². The summed E-state index contributed by atoms with van der Waals surface area (Å²) in [6.07, 6.45) is 0.840. The van der Waals surface area contributed by atoms with Crippen LogP contribution >= 0.6 is 15.9 Å². The minimum Gasteiger partial charge on any atom is -0.394 e. The van der Waals surface area contributed by atoms with Crippen molar-refractivity contribution < 1.29 is 14.3 Å². The Kier molecular flexibility index (Phi) is 4.02. The summed E-state index contributed by atoms with van der Waals surface area (Å²) in [6.45, 7) is 2.48. The Balaban J connectivity index is 2.29. The van der Waals surface area contributed by atoms with Crippen LogP contribution in [0.5, 0.6) is 0 Å². The second kappa shape index (κ2) is 5.36. The molecule has 18 heavy (non-hydrogen) atoms. The number of hydrogen-bond donors (Lipinski definition) is 1. The number of carbonyl (C=O) groups excluding carboxylic acids is 1. The lowest BCUT2D eigenvalue weighted by Crippen LogP contribution is -2.40. The van der Waals surface area contributed by atoms with Crippen molar-refractivity contribution in [3.05, 3.63) is 34.1 Å². The highest BCUT2D eigenvalue weighted by molar-refractivity contribution is 9.10. The van der Waals surface area contributed by atoms with Gasteiger partial charge in [0.25, 0.3) is 5.91 Å². The van der Waals surface area contributed by atoms with E-state index in [1.165, 1.54) is 6.07 Å². The molecule has 3 nitrogen and oxygen atoms in total. The molecule has 1 heterocycles. The molecule has 1 aromatic carbocycles. The minimum atomic E-state index is -0.543. The zero-order valence-corrected chi connectivity index (χ0v) is 11.7. The van der Waals surface area contributed by atoms with E-state index in [0.29, 0.717) is 6.54 Å². The summed E-state index contributed by atoms with van der Waals surface area (Å²) in [5.74, 6) is -0.648. The van der Waals surface area contributed by atoms with E-state index in [9.17, 15) is 14.3 Å². The molecule has 1 N–H and O–H groups in total. The third-order valence-corrected chi connectivity index (χ3v) is 4.12. The van der Waals surface area contributed by atoms with Crippen molar-refractivity contribution in [1.29, 1.82) is 0 Å². The van der Waals surface area contributed by atoms with Crippen molar-refractivity contribution in [2.45, 2.75) is 19.4 Å². The highest BCUT2D eigenvalue weighted by atomic mass is 79.9. The topological polar surface area (TPSA) is 40.5 Å². The number of rotatable bonds is 2. The second-order valence-corrected chi connectivity index (χ2v) is 5.47. The molecule has 2 atom stereocenters. The molecule has 0 saturated carbocycles. The summed E-state index contributed by atoms with van der Waals surface area (Å²) in [6, 6.07) is 4.45. The molecule has 0 spiro atoms. The lowest BCUT2D eigenvalue weighted by Gasteiger charge is -2.25. The van der Waals surface area contributed by atoms with Crippen LogP contribution in [-0.2, 0) is 0 Å². The molecule has 98 valence electrons. The molecule has 2 unspecified atom stereocenters. The molecule has 1 fully saturated rings. The summed E-state index contributed by atoms with van der Waals surface area (Å²) in [7, 11) is 0. The summed E-state index contributed by atoms with van der Waals surface area (Å²) < 4.78 is 14.2. The molecule has 1 amide bonds. The van der Waals surface area contributed by atoms with E-state index < -0.39 is 5.82 Å². The first-order valence-corrected chi connectivity index (χ1v) is 6.71. The smallest absolute Gasteiger partial charge is 0.257 e. The minimum absolute atomic E-state index is 0.0527. The van der Waals surface area contributed by atoms with E-state index in [2.05, 4.69) is 15.9 Å². The molecule has 5 heteroatoms. The number of nitrogens with zero attached hydrogens (tertiary/aromatic N) is 1. The molecule has 1 aliphatic heterocycles. The molecule has 0 radical (unpaired) electrons. The van der Waals surface area contributed by atoms with Gasteiger partial charge < -0.3 is 10.0 Å². The predicted octanol–water partition coefficient (Wildman–Crippen LogP) is 2.43. The molecular weight excluding hydrogens is 301 g/mol. The van der Waals surface area contributed by atoms with Gasteiger partial charge in [0, 0.05) is 6.54 Å². The standard InChI is InChI=1S/C13H15BrFNO2/c1-8-5-6-16(11(8)7-17)13(18)9-3-2-4-10(14)12(9)15/h2-4,8,11,17H,5-7H2,1H3. The lowest BCUT2D eigenvalue weighted by molar-refractivity contribution is 0.0643. The SMILES string of the molecule is CC1CCN(C(=O)c2cccc(Br)c2F)C1CO. The number of amides is 1. The fourth-order valence-electron chi connectivity index (χ4n) is 2.36. The van der Waals surface area contributed by atoms with Crippen molar-refractivity contribution in [2.24, 2.45) is 5.92 Å². The Bertz CT molecular complexity index is 466. The van der Waals surface area contributed by atoms with E-state index in [1.54, 1.807) is 17.0 Å². The van der Waals surface area contributed by atoms with Crippen LogP contribution in [-0.4, -0.2) is 35.1 Å². The number of benzene rings is 1. The van der Waals surface area contributed by atoms with Crippen LogP contribution in [0.4, 0.5) is 4.39 Å². The maximum atomic E-state index is 13.9. The zero-order chi connectivity index (χ0) is 13.3. The molecule has 1 aliphatic rings. The van der Waals surface area contributed by atoms with Crippen LogP contribution in [0, 0.1) is 11.7 Å². The first-order valence-electron chi connectivity index (χ1n) is 5.92. The van der Waals surface area contributed by atoms with Gasteiger partial charge in [-0.25, -0.2) is 4.39 Å². The van der Waals surface area contributed by atoms with E-state index in [4.69, 9.17) is 0 Å². The number of carbonyl (C=O) groups is 1. The maximum Gasteiger partial charge on any atom is 0.257 e. The third-order valence-electron chi connectivity index (χ3n) is 3.51. The summed E-state index contributed by atoms with van der Waals surface area (Å²) in [5.41, 5.74) is 0.0527. The van der Waals surface area contributed by atoms with Crippen LogP contribution in [0.1, 0.15) is 23.7 Å². The van der Waals surface area contributed by atoms with Gasteiger partial charge in [0.15, 0.2) is 0 Å². The average molecular weight is 316 g/mol. The van der Waals surface area contributed by atoms with E-state index in [1.807, 2.05) is 6.92 Å². The molecule has 0 aromatic heterocycles. The van der Waals surface area contributed by atoms with Crippen molar-refractivity contribution in [3.8, 4) is 0 Å². The van der Waals surface area contributed by atoms with Gasteiger partial charge in [0.1, 0.15) is 5.82 Å². The Morgan fingerprint density at radius 1 is 1.61 bits per heavy atom. The average Bonchev–Trinajstić information content (AvgIpc) is 2.73. The Morgan fingerprint density at radius 2 is 2.33 bits per heavy atom. The van der Waals surface area contributed by atoms with Gasteiger partial charge in [-0.1, -0.05) is 13.0 Å². The normalized spacial score (nSPS) is 23.4. The first-order chi connectivity index (χ1) is 8.56. The number of likely N-dealkylation sites (tertiary alicyclic amines) is 1. The van der Waals surface area contributed by atoms with Crippen LogP contribution < -0.4 is 0 Å². The quantitative estimate of drug-likeness (QED) is 0.910. The van der Waals surface area contributed by atoms with Crippen LogP contribution in [0.3, 0.4) is 0 Å². The maximum absolute atomic E-state index is 13.9. The number of halogens is 2. The van der Waals surface area contributed by atoms with E-state index in [0.717, 1.165) is 6.42 Å². The molecule has 1 saturated heterocycles. The van der Waals surface area contributed by atoms with Crippen LogP contribution in [0.15, 0.2) is 22.7 Å². The summed E-state index contributed by atoms with van der Waals surface area (Å²) in [4.78, 5) is 13.9. The first kappa shape index (κ1) is 13.5. The molecule has 0 aliphatic carbocycles. The highest BCUT2D eigenvalue weighted by Crippen LogP contribution is 2.27. The molecular formula is C13H15BrFNO2. The lowest BCUT2D eigenvalue weighted by atomic mass is 10.0. The van der Waals surface area contributed by atoms with Crippen LogP contribution in [0.25, 0.3) is 0 Å². The van der Waals surface area contributed by atoms with Crippen molar-refractivity contribution in [3.63, 3.8) is 0 Å². The van der Waals surface area contributed by atoms with Gasteiger partial charge in [-0.2, -0.15) is 0 Å². The van der Waals surface area contributed by atoms with E-state index in [-0.39, 0.29) is 34.5 Å². The number of hydrogen-bond acceptors (Lipinski definition) is 2. The summed E-state index contributed by atoms with van der Waals surface area (Å²) in [5, 5.41) is 9.33. The fourth-order valence-corrected chi connectivity index (χ4v) is 2.73. The second-order valence-electron chi connectivity index (χ2n) is 4.62. The van der Waals surface area contributed by atoms with Gasteiger partial charge in [-0.3, -0.25) is 4.79 Å². The van der Waals surface area contributed by atoms with Crippen molar-refractivity contribution in [1.82, 2.24) is 4.90 Å². The van der Waals surface area contributed by atoms with Gasteiger partial charge in [-0.15, -0.1) is 0 Å². The van der Waals surface area contributed by atoms with Crippen LogP contribution in [0.2, 0.25) is 0 Å². The molecule has 1 aromatic rings. The van der Waals surface area contributed by atoms with Gasteiger partial charge >= 0.3 is 0 Å². The fraction of sp³-hybridized carbons (Fsp3) is 0.462. The van der Waals surface area contributed by atoms with Gasteiger partial charge in [-0.05, 0) is 40.4 Å². The van der Waals surface area contributed by atoms with Gasteiger partial charge in [0.2, 0.25) is 0 Å². The Hall–Kier alpha value is -0.940. The van der Waals surface area contributed by atoms with E-state index >= 15 is 0 Å². The highest BCUT2D eigenvalue weighted by Gasteiger charge is 2.35.